The van der Waals surface area contributed by atoms with Crippen molar-refractivity contribution in [3.63, 3.8) is 0 Å². The van der Waals surface area contributed by atoms with Crippen LogP contribution in [0.5, 0.6) is 0 Å². The van der Waals surface area contributed by atoms with E-state index in [-0.39, 0.29) is 6.42 Å². The summed E-state index contributed by atoms with van der Waals surface area (Å²) in [6.45, 7) is 3.23. The molecule has 0 heterocycles. The lowest BCUT2D eigenvalue weighted by molar-refractivity contribution is -0.386. The van der Waals surface area contributed by atoms with Gasteiger partial charge in [0.25, 0.3) is 11.2 Å². The average molecular weight is 490 g/mol. The summed E-state index contributed by atoms with van der Waals surface area (Å²) in [7, 11) is 0. The van der Waals surface area contributed by atoms with Crippen LogP contribution in [0.3, 0.4) is 0 Å². The number of alkyl halides is 12. The minimum absolute atomic E-state index is 0.232. The zero-order chi connectivity index (χ0) is 25.5. The van der Waals surface area contributed by atoms with Crippen LogP contribution in [-0.4, -0.2) is 58.2 Å². The first kappa shape index (κ1) is 29.5. The SMILES string of the molecule is CCC(C)(C)C(=O)OC(CC(O)(C(F)(F)F)C(F)(F)F)CC(O)(C(F)(F)F)C(F)(F)F. The lowest BCUT2D eigenvalue weighted by Gasteiger charge is -2.39. The molecule has 2 N–H and O–H groups in total. The zero-order valence-corrected chi connectivity index (χ0v) is 15.9. The van der Waals surface area contributed by atoms with Gasteiger partial charge in [-0.2, -0.15) is 52.7 Å². The molecule has 0 atom stereocenters. The van der Waals surface area contributed by atoms with Gasteiger partial charge in [-0.1, -0.05) is 6.92 Å². The van der Waals surface area contributed by atoms with Gasteiger partial charge in [0.05, 0.1) is 5.41 Å². The molecule has 0 aromatic rings. The zero-order valence-electron chi connectivity index (χ0n) is 15.9. The number of aliphatic hydroxyl groups is 2. The van der Waals surface area contributed by atoms with E-state index in [1.54, 1.807) is 0 Å². The third-order valence-electron chi connectivity index (χ3n) is 4.63. The molecule has 0 amide bonds. The van der Waals surface area contributed by atoms with Gasteiger partial charge in [-0.25, -0.2) is 0 Å². The van der Waals surface area contributed by atoms with Crippen LogP contribution in [-0.2, 0) is 9.53 Å². The highest BCUT2D eigenvalue weighted by atomic mass is 19.4. The number of halogens is 12. The highest BCUT2D eigenvalue weighted by molar-refractivity contribution is 5.76. The van der Waals surface area contributed by atoms with Gasteiger partial charge in [-0.3, -0.25) is 4.79 Å². The summed E-state index contributed by atoms with van der Waals surface area (Å²) in [5.41, 5.74) is -13.4. The molecule has 0 unspecified atom stereocenters. The summed E-state index contributed by atoms with van der Waals surface area (Å²) in [5.74, 6) is -1.75. The third-order valence-corrected chi connectivity index (χ3v) is 4.63. The first-order valence-electron chi connectivity index (χ1n) is 8.19. The number of carbonyl (C=O) groups is 1. The Morgan fingerprint density at radius 1 is 0.710 bits per heavy atom. The summed E-state index contributed by atoms with van der Waals surface area (Å²) in [6.07, 6.45) is -36.2. The van der Waals surface area contributed by atoms with Crippen molar-refractivity contribution in [2.45, 2.75) is 82.0 Å². The van der Waals surface area contributed by atoms with E-state index in [0.717, 1.165) is 13.8 Å². The van der Waals surface area contributed by atoms with Gasteiger partial charge in [0.15, 0.2) is 0 Å². The van der Waals surface area contributed by atoms with Crippen molar-refractivity contribution < 1.29 is 72.4 Å². The van der Waals surface area contributed by atoms with Gasteiger partial charge in [0, 0.05) is 12.8 Å². The van der Waals surface area contributed by atoms with Gasteiger partial charge in [0.1, 0.15) is 6.10 Å². The Kier molecular flexibility index (Phi) is 8.08. The second-order valence-corrected chi connectivity index (χ2v) is 7.38. The van der Waals surface area contributed by atoms with Crippen molar-refractivity contribution in [3.8, 4) is 0 Å². The maximum absolute atomic E-state index is 12.9. The topological polar surface area (TPSA) is 66.8 Å². The van der Waals surface area contributed by atoms with Crippen molar-refractivity contribution in [2.75, 3.05) is 0 Å². The van der Waals surface area contributed by atoms with Gasteiger partial charge in [-0.15, -0.1) is 0 Å². The summed E-state index contributed by atoms with van der Waals surface area (Å²) in [5, 5.41) is 18.3. The van der Waals surface area contributed by atoms with Crippen molar-refractivity contribution in [2.24, 2.45) is 5.41 Å². The summed E-state index contributed by atoms with van der Waals surface area (Å²) in [4.78, 5) is 12.0. The molecule has 0 aliphatic carbocycles. The molecule has 31 heavy (non-hydrogen) atoms. The first-order chi connectivity index (χ1) is 13.3. The molecule has 0 aromatic heterocycles. The molecule has 4 nitrogen and oxygen atoms in total. The summed E-state index contributed by atoms with van der Waals surface area (Å²) in [6, 6.07) is 0. The second-order valence-electron chi connectivity index (χ2n) is 7.38. The molecule has 0 aromatic carbocycles. The van der Waals surface area contributed by atoms with Crippen molar-refractivity contribution in [3.05, 3.63) is 0 Å². The molecule has 186 valence electrons. The Morgan fingerprint density at radius 3 is 1.16 bits per heavy atom. The first-order valence-corrected chi connectivity index (χ1v) is 8.19. The quantitative estimate of drug-likeness (QED) is 0.397. The van der Waals surface area contributed by atoms with E-state index < -0.39 is 66.2 Å². The van der Waals surface area contributed by atoms with E-state index in [9.17, 15) is 57.5 Å². The molecule has 0 aliphatic heterocycles. The average Bonchev–Trinajstić information content (AvgIpc) is 2.50. The summed E-state index contributed by atoms with van der Waals surface area (Å²) < 4.78 is 159. The Hall–Kier alpha value is -1.45. The van der Waals surface area contributed by atoms with Crippen LogP contribution in [0, 0.1) is 5.41 Å². The molecule has 0 bridgehead atoms. The van der Waals surface area contributed by atoms with E-state index in [1.165, 1.54) is 6.92 Å². The molecule has 0 saturated heterocycles. The van der Waals surface area contributed by atoms with Crippen LogP contribution in [0.25, 0.3) is 0 Å². The highest BCUT2D eigenvalue weighted by Gasteiger charge is 2.74. The Balaban J connectivity index is 6.52. The predicted octanol–water partition coefficient (Wildman–Crippen LogP) is 4.83. The molecule has 16 heteroatoms. The number of ether oxygens (including phenoxy) is 1. The van der Waals surface area contributed by atoms with Gasteiger partial charge in [-0.05, 0) is 20.3 Å². The minimum atomic E-state index is -6.63. The minimum Gasteiger partial charge on any atom is -0.462 e. The molecule has 0 rings (SSSR count). The Morgan fingerprint density at radius 2 is 0.968 bits per heavy atom. The Bertz CT molecular complexity index is 562. The van der Waals surface area contributed by atoms with Crippen LogP contribution in [0.15, 0.2) is 0 Å². The largest absolute Gasteiger partial charge is 0.462 e. The van der Waals surface area contributed by atoms with Crippen molar-refractivity contribution in [1.29, 1.82) is 0 Å². The maximum Gasteiger partial charge on any atom is 0.426 e. The molecule has 0 spiro atoms. The number of rotatable bonds is 7. The third kappa shape index (κ3) is 6.08. The fourth-order valence-electron chi connectivity index (χ4n) is 2.05. The smallest absolute Gasteiger partial charge is 0.426 e. The van der Waals surface area contributed by atoms with Crippen LogP contribution in [0.2, 0.25) is 0 Å². The number of carbonyl (C=O) groups excluding carboxylic acids is 1. The number of hydrogen-bond donors (Lipinski definition) is 2. The van der Waals surface area contributed by atoms with Gasteiger partial charge in [0.2, 0.25) is 0 Å². The fourth-order valence-corrected chi connectivity index (χ4v) is 2.05. The van der Waals surface area contributed by atoms with Crippen LogP contribution in [0.4, 0.5) is 52.7 Å². The van der Waals surface area contributed by atoms with Crippen molar-refractivity contribution in [1.82, 2.24) is 0 Å². The standard InChI is InChI=1S/C15H18F12O4/c1-4-9(2,3)8(28)31-7(5-10(29,12(16,17)18)13(19,20)21)6-11(30,14(22,23)24)15(25,26)27/h7,29-30H,4-6H2,1-3H3. The van der Waals surface area contributed by atoms with Crippen LogP contribution < -0.4 is 0 Å². The molecule has 0 radical (unpaired) electrons. The van der Waals surface area contributed by atoms with E-state index in [1.807, 2.05) is 0 Å². The summed E-state index contributed by atoms with van der Waals surface area (Å²) >= 11 is 0. The predicted molar refractivity (Wildman–Crippen MR) is 77.3 cm³/mol. The molecule has 0 aliphatic rings. The lowest BCUT2D eigenvalue weighted by atomic mass is 9.86. The van der Waals surface area contributed by atoms with Gasteiger partial charge < -0.3 is 14.9 Å². The maximum atomic E-state index is 12.9. The number of hydrogen-bond acceptors (Lipinski definition) is 4. The van der Waals surface area contributed by atoms with E-state index in [4.69, 9.17) is 10.2 Å². The highest BCUT2D eigenvalue weighted by Crippen LogP contribution is 2.50. The van der Waals surface area contributed by atoms with Crippen LogP contribution >= 0.6 is 0 Å². The van der Waals surface area contributed by atoms with Crippen molar-refractivity contribution >= 4 is 5.97 Å². The number of esters is 1. The van der Waals surface area contributed by atoms with E-state index >= 15 is 0 Å². The van der Waals surface area contributed by atoms with E-state index in [0.29, 0.717) is 0 Å². The second kappa shape index (κ2) is 8.48. The normalized spacial score (nSPS) is 15.4. The van der Waals surface area contributed by atoms with Gasteiger partial charge >= 0.3 is 30.7 Å². The Labute approximate surface area is 167 Å². The van der Waals surface area contributed by atoms with E-state index in [2.05, 4.69) is 4.74 Å². The lowest BCUT2D eigenvalue weighted by Crippen LogP contribution is -2.62. The fraction of sp³-hybridized carbons (Fsp3) is 0.933. The monoisotopic (exact) mass is 490 g/mol. The molecule has 0 saturated carbocycles. The van der Waals surface area contributed by atoms with Crippen LogP contribution in [0.1, 0.15) is 40.0 Å². The molecule has 0 fully saturated rings. The molecular formula is C15H18F12O4. The molecular weight excluding hydrogens is 472 g/mol.